The zero-order valence-electron chi connectivity index (χ0n) is 18.8. The van der Waals surface area contributed by atoms with E-state index in [9.17, 15) is 0 Å². The largest absolute Gasteiger partial charge is 0.381 e. The maximum atomic E-state index is 5.76. The summed E-state index contributed by atoms with van der Waals surface area (Å²) >= 11 is 0. The molecule has 2 saturated heterocycles. The van der Waals surface area contributed by atoms with Gasteiger partial charge in [0.2, 0.25) is 0 Å². The first kappa shape index (κ1) is 23.0. The normalized spacial score (nSPS) is 21.5. The second kappa shape index (κ2) is 12.3. The van der Waals surface area contributed by atoms with Gasteiger partial charge in [0, 0.05) is 44.9 Å². The average Bonchev–Trinajstić information content (AvgIpc) is 3.29. The lowest BCUT2D eigenvalue weighted by atomic mass is 9.72. The van der Waals surface area contributed by atoms with E-state index in [1.54, 1.807) is 0 Å². The van der Waals surface area contributed by atoms with E-state index in [0.717, 1.165) is 90.7 Å². The number of guanidine groups is 1. The molecular weight excluding hydrogens is 378 g/mol. The van der Waals surface area contributed by atoms with Crippen molar-refractivity contribution in [1.29, 1.82) is 0 Å². The van der Waals surface area contributed by atoms with Gasteiger partial charge in [0.25, 0.3) is 0 Å². The van der Waals surface area contributed by atoms with Crippen LogP contribution in [0.3, 0.4) is 0 Å². The summed E-state index contributed by atoms with van der Waals surface area (Å²) in [6, 6.07) is 8.73. The zero-order chi connectivity index (χ0) is 21.1. The Bertz CT molecular complexity index is 653. The molecule has 2 aliphatic heterocycles. The lowest BCUT2D eigenvalue weighted by Gasteiger charge is -2.37. The smallest absolute Gasteiger partial charge is 0.191 e. The highest BCUT2D eigenvalue weighted by atomic mass is 16.5. The fraction of sp³-hybridized carbons (Fsp3) is 0.708. The molecule has 0 bridgehead atoms. The molecule has 2 heterocycles. The highest BCUT2D eigenvalue weighted by Crippen LogP contribution is 2.37. The molecule has 0 aromatic heterocycles. The van der Waals surface area contributed by atoms with Crippen LogP contribution in [0.25, 0.3) is 0 Å². The van der Waals surface area contributed by atoms with Gasteiger partial charge < -0.3 is 24.8 Å². The van der Waals surface area contributed by atoms with Crippen LogP contribution in [0.1, 0.15) is 50.2 Å². The van der Waals surface area contributed by atoms with Gasteiger partial charge in [-0.2, -0.15) is 0 Å². The van der Waals surface area contributed by atoms with Crippen LogP contribution < -0.4 is 10.6 Å². The van der Waals surface area contributed by atoms with E-state index in [1.165, 1.54) is 11.1 Å². The summed E-state index contributed by atoms with van der Waals surface area (Å²) in [6.07, 6.45) is 5.56. The maximum Gasteiger partial charge on any atom is 0.191 e. The molecule has 1 aromatic rings. The number of benzene rings is 1. The first-order valence-electron chi connectivity index (χ1n) is 11.6. The number of rotatable bonds is 10. The fourth-order valence-corrected chi connectivity index (χ4v) is 4.39. The molecule has 0 radical (unpaired) electrons. The van der Waals surface area contributed by atoms with Crippen molar-refractivity contribution in [2.75, 3.05) is 52.7 Å². The fourth-order valence-electron chi connectivity index (χ4n) is 4.39. The van der Waals surface area contributed by atoms with Gasteiger partial charge in [-0.1, -0.05) is 24.3 Å². The van der Waals surface area contributed by atoms with Gasteiger partial charge in [-0.25, -0.2) is 0 Å². The van der Waals surface area contributed by atoms with E-state index in [2.05, 4.69) is 48.7 Å². The molecule has 30 heavy (non-hydrogen) atoms. The summed E-state index contributed by atoms with van der Waals surface area (Å²) in [5.41, 5.74) is 2.81. The van der Waals surface area contributed by atoms with Gasteiger partial charge in [-0.05, 0) is 57.1 Å². The molecule has 1 atom stereocenters. The van der Waals surface area contributed by atoms with Crippen molar-refractivity contribution in [3.8, 4) is 0 Å². The quantitative estimate of drug-likeness (QED) is 0.348. The molecule has 2 N–H and O–H groups in total. The van der Waals surface area contributed by atoms with Crippen molar-refractivity contribution < 1.29 is 14.2 Å². The first-order valence-corrected chi connectivity index (χ1v) is 11.6. The van der Waals surface area contributed by atoms with Crippen LogP contribution in [0, 0.1) is 6.92 Å². The monoisotopic (exact) mass is 417 g/mol. The minimum Gasteiger partial charge on any atom is -0.381 e. The minimum absolute atomic E-state index is 0.0519. The Labute approximate surface area is 181 Å². The molecule has 0 saturated carbocycles. The third-order valence-corrected chi connectivity index (χ3v) is 6.14. The molecule has 0 amide bonds. The Hall–Kier alpha value is -1.63. The minimum atomic E-state index is 0.0519. The van der Waals surface area contributed by atoms with Crippen LogP contribution in [-0.4, -0.2) is 64.7 Å². The molecule has 2 fully saturated rings. The topological polar surface area (TPSA) is 64.1 Å². The number of hydrogen-bond donors (Lipinski definition) is 2. The third-order valence-electron chi connectivity index (χ3n) is 6.14. The molecule has 6 heteroatoms. The summed E-state index contributed by atoms with van der Waals surface area (Å²) < 4.78 is 17.0. The number of aliphatic imine (C=N–C) groups is 1. The molecule has 168 valence electrons. The van der Waals surface area contributed by atoms with Crippen LogP contribution in [0.5, 0.6) is 0 Å². The van der Waals surface area contributed by atoms with Crippen molar-refractivity contribution >= 4 is 5.96 Å². The highest BCUT2D eigenvalue weighted by molar-refractivity contribution is 5.79. The van der Waals surface area contributed by atoms with E-state index in [0.29, 0.717) is 6.10 Å². The number of ether oxygens (including phenoxy) is 3. The zero-order valence-corrected chi connectivity index (χ0v) is 18.8. The Morgan fingerprint density at radius 1 is 1.20 bits per heavy atom. The Morgan fingerprint density at radius 2 is 2.03 bits per heavy atom. The average molecular weight is 418 g/mol. The summed E-state index contributed by atoms with van der Waals surface area (Å²) in [6.45, 7) is 10.7. The molecule has 1 unspecified atom stereocenters. The van der Waals surface area contributed by atoms with E-state index in [-0.39, 0.29) is 5.41 Å². The van der Waals surface area contributed by atoms with E-state index >= 15 is 0 Å². The first-order chi connectivity index (χ1) is 14.7. The second-order valence-electron chi connectivity index (χ2n) is 8.39. The van der Waals surface area contributed by atoms with Gasteiger partial charge in [-0.15, -0.1) is 0 Å². The summed E-state index contributed by atoms with van der Waals surface area (Å²) in [4.78, 5) is 4.99. The molecule has 0 spiro atoms. The Kier molecular flexibility index (Phi) is 9.43. The standard InChI is InChI=1S/C24H39N3O3/c1-3-25-23(26-13-7-14-29-18-21-9-6-15-30-21)27-19-24(11-16-28-17-12-24)22-10-5-4-8-20(22)2/h4-5,8,10,21H,3,6-7,9,11-19H2,1-2H3,(H2,25,26,27). The second-order valence-corrected chi connectivity index (χ2v) is 8.39. The lowest BCUT2D eigenvalue weighted by Crippen LogP contribution is -2.42. The molecule has 0 aliphatic carbocycles. The maximum absolute atomic E-state index is 5.76. The van der Waals surface area contributed by atoms with Gasteiger partial charge in [0.15, 0.2) is 5.96 Å². The van der Waals surface area contributed by atoms with Crippen molar-refractivity contribution in [1.82, 2.24) is 10.6 Å². The molecular formula is C24H39N3O3. The van der Waals surface area contributed by atoms with Gasteiger partial charge in [0.1, 0.15) is 0 Å². The van der Waals surface area contributed by atoms with Crippen molar-refractivity contribution in [2.24, 2.45) is 4.99 Å². The van der Waals surface area contributed by atoms with Crippen molar-refractivity contribution in [3.63, 3.8) is 0 Å². The van der Waals surface area contributed by atoms with Crippen LogP contribution in [-0.2, 0) is 19.6 Å². The van der Waals surface area contributed by atoms with Crippen LogP contribution in [0.4, 0.5) is 0 Å². The molecule has 6 nitrogen and oxygen atoms in total. The lowest BCUT2D eigenvalue weighted by molar-refractivity contribution is 0.0168. The molecule has 1 aromatic carbocycles. The van der Waals surface area contributed by atoms with Crippen LogP contribution in [0.2, 0.25) is 0 Å². The predicted octanol–water partition coefficient (Wildman–Crippen LogP) is 3.18. The van der Waals surface area contributed by atoms with Crippen LogP contribution >= 0.6 is 0 Å². The SMILES string of the molecule is CCNC(=NCC1(c2ccccc2C)CCOCC1)NCCCOCC1CCCO1. The third kappa shape index (κ3) is 6.69. The van der Waals surface area contributed by atoms with Gasteiger partial charge in [0.05, 0.1) is 19.3 Å². The summed E-state index contributed by atoms with van der Waals surface area (Å²) in [5.74, 6) is 0.885. The number of hydrogen-bond acceptors (Lipinski definition) is 4. The van der Waals surface area contributed by atoms with Crippen LogP contribution in [0.15, 0.2) is 29.3 Å². The van der Waals surface area contributed by atoms with E-state index in [4.69, 9.17) is 19.2 Å². The Morgan fingerprint density at radius 3 is 2.77 bits per heavy atom. The number of aryl methyl sites for hydroxylation is 1. The van der Waals surface area contributed by atoms with Gasteiger partial charge >= 0.3 is 0 Å². The Balaban J connectivity index is 1.51. The summed E-state index contributed by atoms with van der Waals surface area (Å²) in [7, 11) is 0. The highest BCUT2D eigenvalue weighted by Gasteiger charge is 2.35. The van der Waals surface area contributed by atoms with Gasteiger partial charge in [-0.3, -0.25) is 4.99 Å². The number of nitrogens with one attached hydrogen (secondary N) is 2. The predicted molar refractivity (Wildman–Crippen MR) is 121 cm³/mol. The molecule has 2 aliphatic rings. The van der Waals surface area contributed by atoms with E-state index < -0.39 is 0 Å². The number of nitrogens with zero attached hydrogens (tertiary/aromatic N) is 1. The van der Waals surface area contributed by atoms with E-state index in [1.807, 2.05) is 0 Å². The van der Waals surface area contributed by atoms with Crippen molar-refractivity contribution in [2.45, 2.75) is 57.5 Å². The summed E-state index contributed by atoms with van der Waals surface area (Å²) in [5, 5.41) is 6.86. The van der Waals surface area contributed by atoms with Crippen molar-refractivity contribution in [3.05, 3.63) is 35.4 Å². The molecule has 3 rings (SSSR count).